The Labute approximate surface area is 201 Å². The van der Waals surface area contributed by atoms with Gasteiger partial charge in [0, 0.05) is 16.3 Å². The molecule has 4 rings (SSSR count). The molecule has 4 aromatic rings. The lowest BCUT2D eigenvalue weighted by Gasteiger charge is -2.12. The molecule has 0 saturated carbocycles. The summed E-state index contributed by atoms with van der Waals surface area (Å²) >= 11 is 6.98. The van der Waals surface area contributed by atoms with E-state index in [0.717, 1.165) is 29.0 Å². The topological polar surface area (TPSA) is 89.3 Å². The molecular weight excluding hydrogens is 476 g/mol. The molecule has 3 N–H and O–H groups in total. The Bertz CT molecular complexity index is 1410. The van der Waals surface area contributed by atoms with Crippen molar-refractivity contribution in [3.05, 3.63) is 99.9 Å². The third kappa shape index (κ3) is 4.53. The average molecular weight is 497 g/mol. The maximum atomic E-state index is 13.6. The van der Waals surface area contributed by atoms with Gasteiger partial charge in [-0.25, -0.2) is 8.42 Å². The number of para-hydroxylation sites is 1. The highest BCUT2D eigenvalue weighted by Crippen LogP contribution is 2.44. The van der Waals surface area contributed by atoms with Crippen LogP contribution < -0.4 is 11.1 Å². The van der Waals surface area contributed by atoms with E-state index >= 15 is 0 Å². The van der Waals surface area contributed by atoms with E-state index < -0.39 is 9.84 Å². The van der Waals surface area contributed by atoms with E-state index in [2.05, 4.69) is 5.32 Å². The van der Waals surface area contributed by atoms with Crippen molar-refractivity contribution < 1.29 is 13.2 Å². The van der Waals surface area contributed by atoms with Crippen LogP contribution in [0.25, 0.3) is 0 Å². The molecule has 0 aliphatic heterocycles. The predicted molar refractivity (Wildman–Crippen MR) is 135 cm³/mol. The quantitative estimate of drug-likeness (QED) is 0.291. The zero-order chi connectivity index (χ0) is 23.6. The number of carbonyl (C=O) groups excluding carboxylic acids is 1. The summed E-state index contributed by atoms with van der Waals surface area (Å²) in [5.41, 5.74) is 8.44. The first-order valence-electron chi connectivity index (χ1n) is 10.2. The normalized spacial score (nSPS) is 11.3. The summed E-state index contributed by atoms with van der Waals surface area (Å²) in [4.78, 5) is 13.4. The monoisotopic (exact) mass is 496 g/mol. The van der Waals surface area contributed by atoms with Crippen molar-refractivity contribution in [2.24, 2.45) is 0 Å². The molecule has 5 nitrogen and oxygen atoms in total. The molecule has 0 fully saturated rings. The molecule has 8 heteroatoms. The SMILES string of the molecule is CCc1ccccc1Nc1sc(C(=O)c2ccc(Cl)cc2)c(N)c1S(=O)(=O)c1ccccc1. The van der Waals surface area contributed by atoms with Crippen LogP contribution in [0.1, 0.15) is 27.7 Å². The van der Waals surface area contributed by atoms with Crippen molar-refractivity contribution in [1.82, 2.24) is 0 Å². The predicted octanol–water partition coefficient (Wildman–Crippen LogP) is 6.35. The van der Waals surface area contributed by atoms with Crippen molar-refractivity contribution in [3.63, 3.8) is 0 Å². The number of sulfone groups is 1. The summed E-state index contributed by atoms with van der Waals surface area (Å²) in [6, 6.07) is 22.1. The van der Waals surface area contributed by atoms with Gasteiger partial charge in [0.25, 0.3) is 0 Å². The Kier molecular flexibility index (Phi) is 6.56. The first-order chi connectivity index (χ1) is 15.8. The lowest BCUT2D eigenvalue weighted by atomic mass is 10.1. The molecule has 0 amide bonds. The smallest absolute Gasteiger partial charge is 0.211 e. The zero-order valence-corrected chi connectivity index (χ0v) is 20.1. The third-order valence-corrected chi connectivity index (χ3v) is 8.54. The molecule has 168 valence electrons. The highest BCUT2D eigenvalue weighted by molar-refractivity contribution is 7.92. The van der Waals surface area contributed by atoms with Gasteiger partial charge in [-0.05, 0) is 54.4 Å². The first-order valence-corrected chi connectivity index (χ1v) is 12.9. The van der Waals surface area contributed by atoms with Crippen molar-refractivity contribution >= 4 is 54.9 Å². The standard InChI is InChI=1S/C25H21ClN2O3S2/c1-2-16-8-6-7-11-20(16)28-25-24(33(30,31)19-9-4-3-5-10-19)21(27)23(32-25)22(29)17-12-14-18(26)15-13-17/h3-15,28H,2,27H2,1H3. The average Bonchev–Trinajstić information content (AvgIpc) is 3.16. The van der Waals surface area contributed by atoms with Crippen LogP contribution in [0.4, 0.5) is 16.4 Å². The minimum Gasteiger partial charge on any atom is -0.396 e. The highest BCUT2D eigenvalue weighted by atomic mass is 35.5. The van der Waals surface area contributed by atoms with Crippen LogP contribution >= 0.6 is 22.9 Å². The van der Waals surface area contributed by atoms with E-state index in [1.165, 1.54) is 12.1 Å². The number of ketones is 1. The zero-order valence-electron chi connectivity index (χ0n) is 17.7. The maximum Gasteiger partial charge on any atom is 0.211 e. The number of hydrogen-bond acceptors (Lipinski definition) is 6. The molecule has 0 atom stereocenters. The van der Waals surface area contributed by atoms with Crippen molar-refractivity contribution in [2.75, 3.05) is 11.1 Å². The minimum absolute atomic E-state index is 0.0692. The number of carbonyl (C=O) groups is 1. The van der Waals surface area contributed by atoms with Crippen LogP contribution in [0.2, 0.25) is 5.02 Å². The van der Waals surface area contributed by atoms with Crippen LogP contribution in [0.15, 0.2) is 88.7 Å². The van der Waals surface area contributed by atoms with Gasteiger partial charge in [0.05, 0.1) is 10.6 Å². The number of benzene rings is 3. The fraction of sp³-hybridized carbons (Fsp3) is 0.0800. The fourth-order valence-electron chi connectivity index (χ4n) is 3.47. The molecular formula is C25H21ClN2O3S2. The van der Waals surface area contributed by atoms with E-state index in [1.54, 1.807) is 42.5 Å². The maximum absolute atomic E-state index is 13.6. The fourth-order valence-corrected chi connectivity index (χ4v) is 6.54. The molecule has 0 saturated heterocycles. The van der Waals surface area contributed by atoms with Crippen LogP contribution in [0.3, 0.4) is 0 Å². The second-order valence-corrected chi connectivity index (χ2v) is 10.6. The van der Waals surface area contributed by atoms with Crippen LogP contribution in [-0.4, -0.2) is 14.2 Å². The summed E-state index contributed by atoms with van der Waals surface area (Å²) in [6.45, 7) is 2.01. The molecule has 1 aromatic heterocycles. The number of rotatable bonds is 7. The minimum atomic E-state index is -3.99. The van der Waals surface area contributed by atoms with Crippen molar-refractivity contribution in [3.8, 4) is 0 Å². The van der Waals surface area contributed by atoms with E-state index in [-0.39, 0.29) is 26.1 Å². The molecule has 0 bridgehead atoms. The number of halogens is 1. The molecule has 1 heterocycles. The number of aryl methyl sites for hydroxylation is 1. The number of nitrogens with two attached hydrogens (primary N) is 1. The van der Waals surface area contributed by atoms with E-state index in [4.69, 9.17) is 17.3 Å². The van der Waals surface area contributed by atoms with Gasteiger partial charge in [-0.2, -0.15) is 0 Å². The van der Waals surface area contributed by atoms with Crippen molar-refractivity contribution in [2.45, 2.75) is 23.1 Å². The van der Waals surface area contributed by atoms with Crippen LogP contribution in [-0.2, 0) is 16.3 Å². The van der Waals surface area contributed by atoms with Gasteiger partial charge in [-0.1, -0.05) is 54.9 Å². The number of nitrogen functional groups attached to an aromatic ring is 1. The van der Waals surface area contributed by atoms with E-state index in [9.17, 15) is 13.2 Å². The van der Waals surface area contributed by atoms with Gasteiger partial charge in [-0.15, -0.1) is 11.3 Å². The van der Waals surface area contributed by atoms with Crippen molar-refractivity contribution in [1.29, 1.82) is 0 Å². The van der Waals surface area contributed by atoms with E-state index in [0.29, 0.717) is 15.6 Å². The lowest BCUT2D eigenvalue weighted by Crippen LogP contribution is -2.08. The van der Waals surface area contributed by atoms with E-state index in [1.807, 2.05) is 31.2 Å². The third-order valence-electron chi connectivity index (χ3n) is 5.18. The molecule has 0 spiro atoms. The number of hydrogen-bond donors (Lipinski definition) is 2. The number of thiophene rings is 1. The van der Waals surface area contributed by atoms with Gasteiger partial charge in [0.1, 0.15) is 14.8 Å². The van der Waals surface area contributed by atoms with Gasteiger partial charge in [-0.3, -0.25) is 4.79 Å². The van der Waals surface area contributed by atoms with Crippen LogP contribution in [0, 0.1) is 0 Å². The lowest BCUT2D eigenvalue weighted by molar-refractivity contribution is 0.104. The largest absolute Gasteiger partial charge is 0.396 e. The molecule has 0 unspecified atom stereocenters. The molecule has 0 aliphatic carbocycles. The van der Waals surface area contributed by atoms with Crippen LogP contribution in [0.5, 0.6) is 0 Å². The summed E-state index contributed by atoms with van der Waals surface area (Å²) in [6.07, 6.45) is 0.751. The second kappa shape index (κ2) is 9.39. The Hall–Kier alpha value is -3.13. The second-order valence-electron chi connectivity index (χ2n) is 7.29. The molecule has 0 aliphatic rings. The van der Waals surface area contributed by atoms with Gasteiger partial charge in [0.2, 0.25) is 15.6 Å². The Balaban J connectivity index is 1.90. The Morgan fingerprint density at radius 2 is 1.61 bits per heavy atom. The Morgan fingerprint density at radius 1 is 0.970 bits per heavy atom. The number of anilines is 3. The molecule has 33 heavy (non-hydrogen) atoms. The summed E-state index contributed by atoms with van der Waals surface area (Å²) < 4.78 is 27.2. The van der Waals surface area contributed by atoms with Gasteiger partial charge < -0.3 is 11.1 Å². The summed E-state index contributed by atoms with van der Waals surface area (Å²) in [5, 5.41) is 4.03. The number of nitrogens with one attached hydrogen (secondary N) is 1. The highest BCUT2D eigenvalue weighted by Gasteiger charge is 2.31. The van der Waals surface area contributed by atoms with Gasteiger partial charge >= 0.3 is 0 Å². The summed E-state index contributed by atoms with van der Waals surface area (Å²) in [7, 11) is -3.99. The Morgan fingerprint density at radius 3 is 2.27 bits per heavy atom. The summed E-state index contributed by atoms with van der Waals surface area (Å²) in [5.74, 6) is -0.365. The molecule has 0 radical (unpaired) electrons. The van der Waals surface area contributed by atoms with Gasteiger partial charge in [0.15, 0.2) is 0 Å². The first kappa shape index (κ1) is 23.0. The molecule has 3 aromatic carbocycles.